The minimum Gasteiger partial charge on any atom is -0.374 e. The van der Waals surface area contributed by atoms with Gasteiger partial charge in [0.25, 0.3) is 0 Å². The standard InChI is InChI=1S/C16H24BrFN2O/c1-3-19-15(16-11-20(4-2)5-6-21-16)9-12-7-13(17)10-14(18)8-12/h7-8,10,15-16,19H,3-6,9,11H2,1-2H3. The molecule has 2 atom stereocenters. The average molecular weight is 359 g/mol. The Bertz CT molecular complexity index is 438. The summed E-state index contributed by atoms with van der Waals surface area (Å²) in [5.74, 6) is -0.200. The van der Waals surface area contributed by atoms with Gasteiger partial charge in [0, 0.05) is 23.6 Å². The number of nitrogens with zero attached hydrogens (tertiary/aromatic N) is 1. The van der Waals surface area contributed by atoms with Gasteiger partial charge in [0.1, 0.15) is 5.82 Å². The fourth-order valence-corrected chi connectivity index (χ4v) is 3.35. The largest absolute Gasteiger partial charge is 0.374 e. The molecule has 1 aromatic rings. The summed E-state index contributed by atoms with van der Waals surface area (Å²) in [6, 6.07) is 5.28. The Kier molecular flexibility index (Phi) is 6.61. The van der Waals surface area contributed by atoms with E-state index in [4.69, 9.17) is 4.74 Å². The van der Waals surface area contributed by atoms with Crippen molar-refractivity contribution in [3.05, 3.63) is 34.1 Å². The quantitative estimate of drug-likeness (QED) is 0.846. The molecule has 1 saturated heterocycles. The van der Waals surface area contributed by atoms with E-state index in [1.54, 1.807) is 6.07 Å². The lowest BCUT2D eigenvalue weighted by atomic mass is 9.99. The van der Waals surface area contributed by atoms with Gasteiger partial charge in [-0.1, -0.05) is 29.8 Å². The maximum atomic E-state index is 13.5. The van der Waals surface area contributed by atoms with Gasteiger partial charge in [-0.15, -0.1) is 0 Å². The smallest absolute Gasteiger partial charge is 0.124 e. The van der Waals surface area contributed by atoms with Crippen LogP contribution in [0.4, 0.5) is 4.39 Å². The van der Waals surface area contributed by atoms with Crippen molar-refractivity contribution in [3.8, 4) is 0 Å². The highest BCUT2D eigenvalue weighted by Crippen LogP contribution is 2.19. The van der Waals surface area contributed by atoms with Crippen molar-refractivity contribution in [3.63, 3.8) is 0 Å². The molecule has 0 saturated carbocycles. The van der Waals surface area contributed by atoms with E-state index in [1.165, 1.54) is 6.07 Å². The molecule has 1 heterocycles. The Morgan fingerprint density at radius 2 is 2.24 bits per heavy atom. The first-order valence-electron chi connectivity index (χ1n) is 7.64. The minimum atomic E-state index is -0.200. The van der Waals surface area contributed by atoms with Crippen molar-refractivity contribution in [1.29, 1.82) is 0 Å². The van der Waals surface area contributed by atoms with Crippen LogP contribution in [0.3, 0.4) is 0 Å². The number of nitrogens with one attached hydrogen (secondary N) is 1. The van der Waals surface area contributed by atoms with E-state index in [-0.39, 0.29) is 18.0 Å². The van der Waals surface area contributed by atoms with Crippen LogP contribution in [0.5, 0.6) is 0 Å². The van der Waals surface area contributed by atoms with Crippen molar-refractivity contribution in [2.75, 3.05) is 32.8 Å². The summed E-state index contributed by atoms with van der Waals surface area (Å²) >= 11 is 3.36. The lowest BCUT2D eigenvalue weighted by Crippen LogP contribution is -2.53. The highest BCUT2D eigenvalue weighted by Gasteiger charge is 2.27. The summed E-state index contributed by atoms with van der Waals surface area (Å²) in [5, 5.41) is 3.49. The molecule has 3 nitrogen and oxygen atoms in total. The van der Waals surface area contributed by atoms with Crippen LogP contribution in [0.15, 0.2) is 22.7 Å². The SMILES string of the molecule is CCNC(Cc1cc(F)cc(Br)c1)C1CN(CC)CCO1. The first-order chi connectivity index (χ1) is 10.1. The summed E-state index contributed by atoms with van der Waals surface area (Å²) < 4.78 is 20.3. The van der Waals surface area contributed by atoms with Crippen LogP contribution in [-0.2, 0) is 11.2 Å². The Morgan fingerprint density at radius 3 is 2.90 bits per heavy atom. The van der Waals surface area contributed by atoms with Crippen LogP contribution in [-0.4, -0.2) is 49.8 Å². The second-order valence-electron chi connectivity index (χ2n) is 5.45. The van der Waals surface area contributed by atoms with Crippen molar-refractivity contribution in [1.82, 2.24) is 10.2 Å². The molecule has 1 aliphatic rings. The third-order valence-electron chi connectivity index (χ3n) is 3.92. The van der Waals surface area contributed by atoms with Gasteiger partial charge in [0.15, 0.2) is 0 Å². The van der Waals surface area contributed by atoms with Gasteiger partial charge in [-0.25, -0.2) is 4.39 Å². The molecule has 21 heavy (non-hydrogen) atoms. The Balaban J connectivity index is 2.07. The highest BCUT2D eigenvalue weighted by atomic mass is 79.9. The third-order valence-corrected chi connectivity index (χ3v) is 4.38. The van der Waals surface area contributed by atoms with E-state index < -0.39 is 0 Å². The van der Waals surface area contributed by atoms with E-state index in [0.29, 0.717) is 0 Å². The zero-order valence-electron chi connectivity index (χ0n) is 12.7. The van der Waals surface area contributed by atoms with Crippen LogP contribution >= 0.6 is 15.9 Å². The number of halogens is 2. The lowest BCUT2D eigenvalue weighted by Gasteiger charge is -2.37. The Hall–Kier alpha value is -0.490. The van der Waals surface area contributed by atoms with Crippen molar-refractivity contribution in [2.24, 2.45) is 0 Å². The molecule has 1 aromatic carbocycles. The second-order valence-corrected chi connectivity index (χ2v) is 6.36. The average Bonchev–Trinajstić information content (AvgIpc) is 2.46. The second kappa shape index (κ2) is 8.22. The molecule has 1 fully saturated rings. The van der Waals surface area contributed by atoms with Crippen molar-refractivity contribution < 1.29 is 9.13 Å². The number of hydrogen-bond acceptors (Lipinski definition) is 3. The number of morpholine rings is 1. The van der Waals surface area contributed by atoms with Crippen molar-refractivity contribution in [2.45, 2.75) is 32.4 Å². The maximum absolute atomic E-state index is 13.5. The predicted octanol–water partition coefficient (Wildman–Crippen LogP) is 2.83. The monoisotopic (exact) mass is 358 g/mol. The fraction of sp³-hybridized carbons (Fsp3) is 0.625. The van der Waals surface area contributed by atoms with Gasteiger partial charge >= 0.3 is 0 Å². The van der Waals surface area contributed by atoms with Crippen LogP contribution in [0, 0.1) is 5.82 Å². The van der Waals surface area contributed by atoms with Gasteiger partial charge in [0.2, 0.25) is 0 Å². The number of hydrogen-bond donors (Lipinski definition) is 1. The summed E-state index contributed by atoms with van der Waals surface area (Å²) in [6.45, 7) is 8.90. The van der Waals surface area contributed by atoms with Crippen LogP contribution < -0.4 is 5.32 Å². The summed E-state index contributed by atoms with van der Waals surface area (Å²) in [6.07, 6.45) is 0.924. The predicted molar refractivity (Wildman–Crippen MR) is 87.1 cm³/mol. The molecule has 0 radical (unpaired) electrons. The van der Waals surface area contributed by atoms with Crippen LogP contribution in [0.2, 0.25) is 0 Å². The number of benzene rings is 1. The van der Waals surface area contributed by atoms with Crippen LogP contribution in [0.25, 0.3) is 0 Å². The summed E-state index contributed by atoms with van der Waals surface area (Å²) in [4.78, 5) is 2.40. The van der Waals surface area contributed by atoms with E-state index in [0.717, 1.165) is 49.2 Å². The molecule has 2 unspecified atom stereocenters. The molecule has 0 aromatic heterocycles. The van der Waals surface area contributed by atoms with Gasteiger partial charge in [-0.3, -0.25) is 4.90 Å². The molecule has 0 bridgehead atoms. The normalized spacial score (nSPS) is 21.4. The molecule has 2 rings (SSSR count). The van der Waals surface area contributed by atoms with Crippen molar-refractivity contribution >= 4 is 15.9 Å². The van der Waals surface area contributed by atoms with E-state index in [9.17, 15) is 4.39 Å². The van der Waals surface area contributed by atoms with E-state index >= 15 is 0 Å². The molecular weight excluding hydrogens is 335 g/mol. The molecule has 0 aliphatic carbocycles. The summed E-state index contributed by atoms with van der Waals surface area (Å²) in [7, 11) is 0. The molecule has 1 N–H and O–H groups in total. The number of likely N-dealkylation sites (N-methyl/N-ethyl adjacent to an activating group) is 2. The third kappa shape index (κ3) is 5.02. The molecule has 118 valence electrons. The minimum absolute atomic E-state index is 0.153. The number of ether oxygens (including phenoxy) is 1. The zero-order chi connectivity index (χ0) is 15.2. The van der Waals surface area contributed by atoms with Gasteiger partial charge in [-0.2, -0.15) is 0 Å². The molecule has 0 amide bonds. The number of rotatable bonds is 6. The topological polar surface area (TPSA) is 24.5 Å². The Morgan fingerprint density at radius 1 is 1.43 bits per heavy atom. The lowest BCUT2D eigenvalue weighted by molar-refractivity contribution is -0.0445. The maximum Gasteiger partial charge on any atom is 0.124 e. The fourth-order valence-electron chi connectivity index (χ4n) is 2.84. The van der Waals surface area contributed by atoms with E-state index in [2.05, 4.69) is 40.0 Å². The molecule has 0 spiro atoms. The molecular formula is C16H24BrFN2O. The first kappa shape index (κ1) is 16.9. The highest BCUT2D eigenvalue weighted by molar-refractivity contribution is 9.10. The summed E-state index contributed by atoms with van der Waals surface area (Å²) in [5.41, 5.74) is 0.991. The van der Waals surface area contributed by atoms with E-state index in [1.807, 2.05) is 6.07 Å². The molecule has 1 aliphatic heterocycles. The zero-order valence-corrected chi connectivity index (χ0v) is 14.3. The van der Waals surface area contributed by atoms with Gasteiger partial charge in [-0.05, 0) is 43.3 Å². The van der Waals surface area contributed by atoms with Crippen LogP contribution in [0.1, 0.15) is 19.4 Å². The first-order valence-corrected chi connectivity index (χ1v) is 8.44. The van der Waals surface area contributed by atoms with Gasteiger partial charge < -0.3 is 10.1 Å². The molecule has 5 heteroatoms. The van der Waals surface area contributed by atoms with Gasteiger partial charge in [0.05, 0.1) is 12.7 Å². The Labute approximate surface area is 135 Å².